The van der Waals surface area contributed by atoms with Crippen LogP contribution in [0.3, 0.4) is 0 Å². The van der Waals surface area contributed by atoms with Crippen molar-refractivity contribution in [2.24, 2.45) is 5.92 Å². The fourth-order valence-electron chi connectivity index (χ4n) is 4.79. The Hall–Kier alpha value is -2.96. The zero-order valence-corrected chi connectivity index (χ0v) is 19.5. The summed E-state index contributed by atoms with van der Waals surface area (Å²) in [5, 5.41) is 8.23. The molecular weight excluding hydrogens is 439 g/mol. The molecule has 1 aliphatic carbocycles. The van der Waals surface area contributed by atoms with Gasteiger partial charge in [0.2, 0.25) is 0 Å². The molecule has 0 saturated carbocycles. The Morgan fingerprint density at radius 1 is 1.24 bits per heavy atom. The van der Waals surface area contributed by atoms with Gasteiger partial charge in [0, 0.05) is 47.2 Å². The number of ketones is 1. The fourth-order valence-corrected chi connectivity index (χ4v) is 5.00. The summed E-state index contributed by atoms with van der Waals surface area (Å²) in [5.74, 6) is -0.254. The standard InChI is InChI=1S/C26H26ClFN4O/c1-31(2)9-10-32-15-23(21-8-6-17(13-24(21)32)22-14-29-30-26(22)27)25(33)18-4-3-16-5-7-20(28)12-19(16)11-18/h5-8,12-15,18H,3-4,9-11H2,1-2H3,(H,29,30). The number of nitrogens with one attached hydrogen (secondary N) is 1. The van der Waals surface area contributed by atoms with Crippen molar-refractivity contribution in [2.45, 2.75) is 25.8 Å². The number of aryl methyl sites for hydroxylation is 1. The molecule has 0 saturated heterocycles. The molecule has 5 rings (SSSR count). The Labute approximate surface area is 197 Å². The van der Waals surface area contributed by atoms with Crippen LogP contribution < -0.4 is 0 Å². The normalized spacial score (nSPS) is 15.8. The molecule has 0 bridgehead atoms. The van der Waals surface area contributed by atoms with Gasteiger partial charge in [-0.1, -0.05) is 29.8 Å². The van der Waals surface area contributed by atoms with Crippen molar-refractivity contribution >= 4 is 28.3 Å². The summed E-state index contributed by atoms with van der Waals surface area (Å²) in [6.07, 6.45) is 5.86. The van der Waals surface area contributed by atoms with E-state index in [9.17, 15) is 9.18 Å². The van der Waals surface area contributed by atoms with Crippen LogP contribution in [0.4, 0.5) is 4.39 Å². The number of fused-ring (bicyclic) bond motifs is 2. The van der Waals surface area contributed by atoms with Crippen molar-refractivity contribution in [1.82, 2.24) is 19.7 Å². The van der Waals surface area contributed by atoms with Crippen LogP contribution in [-0.4, -0.2) is 46.1 Å². The molecule has 1 aliphatic rings. The van der Waals surface area contributed by atoms with Gasteiger partial charge in [0.1, 0.15) is 11.0 Å². The molecule has 1 unspecified atom stereocenters. The van der Waals surface area contributed by atoms with Gasteiger partial charge in [-0.25, -0.2) is 4.39 Å². The van der Waals surface area contributed by atoms with E-state index in [1.54, 1.807) is 12.3 Å². The number of aromatic nitrogens is 3. The Morgan fingerprint density at radius 3 is 2.85 bits per heavy atom. The number of carbonyl (C=O) groups is 1. The SMILES string of the molecule is CN(C)CCn1cc(C(=O)C2CCc3ccc(F)cc3C2)c2ccc(-c3cn[nH]c3Cl)cc21. The average molecular weight is 465 g/mol. The number of rotatable bonds is 6. The summed E-state index contributed by atoms with van der Waals surface area (Å²) >= 11 is 6.27. The van der Waals surface area contributed by atoms with E-state index in [0.717, 1.165) is 64.7 Å². The number of aromatic amines is 1. The second-order valence-corrected chi connectivity index (χ2v) is 9.46. The van der Waals surface area contributed by atoms with Crippen LogP contribution in [0, 0.1) is 11.7 Å². The maximum atomic E-state index is 13.8. The van der Waals surface area contributed by atoms with E-state index in [4.69, 9.17) is 11.6 Å². The quantitative estimate of drug-likeness (QED) is 0.390. The molecule has 0 fully saturated rings. The van der Waals surface area contributed by atoms with E-state index in [1.165, 1.54) is 6.07 Å². The molecule has 170 valence electrons. The van der Waals surface area contributed by atoms with Crippen LogP contribution in [0.5, 0.6) is 0 Å². The minimum absolute atomic E-state index is 0.132. The van der Waals surface area contributed by atoms with Crippen molar-refractivity contribution in [3.8, 4) is 11.1 Å². The Balaban J connectivity index is 1.53. The van der Waals surface area contributed by atoms with E-state index in [0.29, 0.717) is 11.6 Å². The number of halogens is 2. The Bertz CT molecular complexity index is 1340. The monoisotopic (exact) mass is 464 g/mol. The summed E-state index contributed by atoms with van der Waals surface area (Å²) in [6.45, 7) is 1.61. The first-order valence-electron chi connectivity index (χ1n) is 11.2. The molecule has 5 nitrogen and oxygen atoms in total. The zero-order valence-electron chi connectivity index (χ0n) is 18.7. The minimum Gasteiger partial charge on any atom is -0.345 e. The van der Waals surface area contributed by atoms with E-state index in [2.05, 4.69) is 25.7 Å². The van der Waals surface area contributed by atoms with Gasteiger partial charge in [-0.2, -0.15) is 5.10 Å². The lowest BCUT2D eigenvalue weighted by molar-refractivity contribution is 0.0910. The number of benzene rings is 2. The molecule has 0 amide bonds. The molecule has 0 spiro atoms. The van der Waals surface area contributed by atoms with Crippen LogP contribution in [0.25, 0.3) is 22.0 Å². The first-order valence-corrected chi connectivity index (χ1v) is 11.6. The van der Waals surface area contributed by atoms with Crippen molar-refractivity contribution in [1.29, 1.82) is 0 Å². The summed E-state index contributed by atoms with van der Waals surface area (Å²) in [7, 11) is 4.07. The van der Waals surface area contributed by atoms with E-state index >= 15 is 0 Å². The minimum atomic E-state index is -0.243. The molecule has 7 heteroatoms. The summed E-state index contributed by atoms with van der Waals surface area (Å²) < 4.78 is 15.9. The summed E-state index contributed by atoms with van der Waals surface area (Å²) in [4.78, 5) is 15.8. The van der Waals surface area contributed by atoms with Crippen molar-refractivity contribution in [3.05, 3.63) is 76.5 Å². The van der Waals surface area contributed by atoms with Gasteiger partial charge in [0.05, 0.1) is 6.20 Å². The third kappa shape index (κ3) is 4.21. The molecule has 2 heterocycles. The molecular formula is C26H26ClFN4O. The predicted octanol–water partition coefficient (Wildman–Crippen LogP) is 5.37. The Kier molecular flexibility index (Phi) is 5.81. The Morgan fingerprint density at radius 2 is 2.09 bits per heavy atom. The maximum absolute atomic E-state index is 13.8. The largest absolute Gasteiger partial charge is 0.345 e. The van der Waals surface area contributed by atoms with Crippen LogP contribution >= 0.6 is 11.6 Å². The number of nitrogens with zero attached hydrogens (tertiary/aromatic N) is 3. The highest BCUT2D eigenvalue weighted by Crippen LogP contribution is 2.34. The van der Waals surface area contributed by atoms with Crippen LogP contribution in [-0.2, 0) is 19.4 Å². The highest BCUT2D eigenvalue weighted by molar-refractivity contribution is 6.32. The van der Waals surface area contributed by atoms with Gasteiger partial charge in [-0.3, -0.25) is 9.89 Å². The number of carbonyl (C=O) groups excluding carboxylic acids is 1. The predicted molar refractivity (Wildman–Crippen MR) is 129 cm³/mol. The topological polar surface area (TPSA) is 53.9 Å². The lowest BCUT2D eigenvalue weighted by Crippen LogP contribution is -2.23. The highest BCUT2D eigenvalue weighted by atomic mass is 35.5. The number of hydrogen-bond donors (Lipinski definition) is 1. The molecule has 0 radical (unpaired) electrons. The van der Waals surface area contributed by atoms with E-state index < -0.39 is 0 Å². The van der Waals surface area contributed by atoms with Gasteiger partial charge in [-0.15, -0.1) is 0 Å². The third-order valence-corrected chi connectivity index (χ3v) is 6.90. The molecule has 4 aromatic rings. The smallest absolute Gasteiger partial charge is 0.168 e. The molecule has 33 heavy (non-hydrogen) atoms. The van der Waals surface area contributed by atoms with Crippen molar-refractivity contribution < 1.29 is 9.18 Å². The van der Waals surface area contributed by atoms with Gasteiger partial charge < -0.3 is 9.47 Å². The number of Topliss-reactive ketones (excluding diaryl/α,β-unsaturated/α-hetero) is 1. The first kappa shape index (κ1) is 21.9. The number of H-pyrrole nitrogens is 1. The first-order chi connectivity index (χ1) is 15.9. The van der Waals surface area contributed by atoms with Gasteiger partial charge in [-0.05, 0) is 68.2 Å². The number of hydrogen-bond acceptors (Lipinski definition) is 3. The van der Waals surface area contributed by atoms with Crippen molar-refractivity contribution in [3.63, 3.8) is 0 Å². The fraction of sp³-hybridized carbons (Fsp3) is 0.308. The lowest BCUT2D eigenvalue weighted by Gasteiger charge is -2.23. The van der Waals surface area contributed by atoms with Crippen LogP contribution in [0.15, 0.2) is 48.8 Å². The average Bonchev–Trinajstić information content (AvgIpc) is 3.39. The van der Waals surface area contributed by atoms with Gasteiger partial charge in [0.25, 0.3) is 0 Å². The van der Waals surface area contributed by atoms with Gasteiger partial charge >= 0.3 is 0 Å². The molecule has 0 aliphatic heterocycles. The van der Waals surface area contributed by atoms with Gasteiger partial charge in [0.15, 0.2) is 5.78 Å². The van der Waals surface area contributed by atoms with E-state index in [-0.39, 0.29) is 17.5 Å². The van der Waals surface area contributed by atoms with Crippen molar-refractivity contribution in [2.75, 3.05) is 20.6 Å². The third-order valence-electron chi connectivity index (χ3n) is 6.61. The van der Waals surface area contributed by atoms with E-state index in [1.807, 2.05) is 38.5 Å². The second-order valence-electron chi connectivity index (χ2n) is 9.09. The zero-order chi connectivity index (χ0) is 23.1. The lowest BCUT2D eigenvalue weighted by atomic mass is 9.80. The molecule has 2 aromatic carbocycles. The van der Waals surface area contributed by atoms with Crippen LogP contribution in [0.2, 0.25) is 5.15 Å². The maximum Gasteiger partial charge on any atom is 0.168 e. The summed E-state index contributed by atoms with van der Waals surface area (Å²) in [5.41, 5.74) is 5.61. The summed E-state index contributed by atoms with van der Waals surface area (Å²) in [6, 6.07) is 11.0. The van der Waals surface area contributed by atoms with Crippen LogP contribution in [0.1, 0.15) is 27.9 Å². The highest BCUT2D eigenvalue weighted by Gasteiger charge is 2.28. The molecule has 1 atom stereocenters. The molecule has 1 N–H and O–H groups in total. The second kappa shape index (κ2) is 8.76. The molecule has 2 aromatic heterocycles. The number of likely N-dealkylation sites (N-methyl/N-ethyl adjacent to an activating group) is 1.